The quantitative estimate of drug-likeness (QED) is 0.819. The van der Waals surface area contributed by atoms with E-state index in [2.05, 4.69) is 25.9 Å². The fourth-order valence-electron chi connectivity index (χ4n) is 1.21. The Bertz CT molecular complexity index is 606. The molecule has 2 rings (SSSR count). The number of nitrogens with zero attached hydrogens (tertiary/aromatic N) is 1. The maximum atomic E-state index is 11.5. The lowest BCUT2D eigenvalue weighted by atomic mass is 10.2. The highest BCUT2D eigenvalue weighted by molar-refractivity contribution is 9.10. The molecular formula is C9H5BrN2O3. The molecular weight excluding hydrogens is 264 g/mol. The average molecular weight is 269 g/mol. The van der Waals surface area contributed by atoms with E-state index in [0.29, 0.717) is 10.9 Å². The number of nitrogens with one attached hydrogen (secondary N) is 1. The third-order valence-electron chi connectivity index (χ3n) is 1.87. The van der Waals surface area contributed by atoms with Gasteiger partial charge in [-0.2, -0.15) is 0 Å². The summed E-state index contributed by atoms with van der Waals surface area (Å²) >= 11 is 3.22. The number of aromatic nitrogens is 2. The molecule has 2 aromatic rings. The number of H-pyrrole nitrogens is 1. The van der Waals surface area contributed by atoms with Crippen LogP contribution in [0.5, 0.6) is 0 Å². The van der Waals surface area contributed by atoms with E-state index in [1.807, 2.05) is 0 Å². The summed E-state index contributed by atoms with van der Waals surface area (Å²) in [6.45, 7) is 0. The van der Waals surface area contributed by atoms with E-state index in [-0.39, 0.29) is 5.82 Å². The molecule has 0 radical (unpaired) electrons. The van der Waals surface area contributed by atoms with Crippen molar-refractivity contribution in [2.45, 2.75) is 0 Å². The molecule has 0 aliphatic heterocycles. The lowest BCUT2D eigenvalue weighted by Gasteiger charge is -1.98. The van der Waals surface area contributed by atoms with E-state index in [1.165, 1.54) is 0 Å². The second-order valence-electron chi connectivity index (χ2n) is 2.88. The Labute approximate surface area is 91.9 Å². The van der Waals surface area contributed by atoms with E-state index in [9.17, 15) is 9.59 Å². The molecule has 76 valence electrons. The minimum Gasteiger partial charge on any atom is -0.475 e. The van der Waals surface area contributed by atoms with Gasteiger partial charge in [0.2, 0.25) is 5.82 Å². The van der Waals surface area contributed by atoms with Gasteiger partial charge in [-0.15, -0.1) is 0 Å². The van der Waals surface area contributed by atoms with Gasteiger partial charge in [-0.05, 0) is 18.2 Å². The second kappa shape index (κ2) is 3.47. The summed E-state index contributed by atoms with van der Waals surface area (Å²) in [4.78, 5) is 28.1. The number of hydrogen-bond donors (Lipinski definition) is 2. The predicted octanol–water partition coefficient (Wildman–Crippen LogP) is 1.38. The third kappa shape index (κ3) is 1.75. The van der Waals surface area contributed by atoms with Crippen molar-refractivity contribution >= 4 is 32.8 Å². The minimum atomic E-state index is -1.25. The normalized spacial score (nSPS) is 10.5. The van der Waals surface area contributed by atoms with Crippen LogP contribution in [0.25, 0.3) is 10.9 Å². The predicted molar refractivity (Wildman–Crippen MR) is 57.0 cm³/mol. The highest BCUT2D eigenvalue weighted by atomic mass is 79.9. The van der Waals surface area contributed by atoms with Crippen molar-refractivity contribution in [2.24, 2.45) is 0 Å². The molecule has 0 fully saturated rings. The molecule has 6 heteroatoms. The second-order valence-corrected chi connectivity index (χ2v) is 3.80. The molecule has 1 aromatic heterocycles. The topological polar surface area (TPSA) is 83.0 Å². The van der Waals surface area contributed by atoms with Crippen LogP contribution in [0.15, 0.2) is 27.5 Å². The van der Waals surface area contributed by atoms with Gasteiger partial charge in [0, 0.05) is 4.47 Å². The van der Waals surface area contributed by atoms with Gasteiger partial charge < -0.3 is 10.1 Å². The summed E-state index contributed by atoms with van der Waals surface area (Å²) in [6, 6.07) is 4.87. The van der Waals surface area contributed by atoms with Crippen molar-refractivity contribution in [3.63, 3.8) is 0 Å². The first kappa shape index (κ1) is 9.85. The van der Waals surface area contributed by atoms with Gasteiger partial charge >= 0.3 is 5.97 Å². The summed E-state index contributed by atoms with van der Waals surface area (Å²) in [6.07, 6.45) is 0. The molecule has 2 N–H and O–H groups in total. The van der Waals surface area contributed by atoms with Gasteiger partial charge in [0.15, 0.2) is 0 Å². The molecule has 0 amide bonds. The van der Waals surface area contributed by atoms with Crippen molar-refractivity contribution in [2.75, 3.05) is 0 Å². The van der Waals surface area contributed by atoms with Gasteiger partial charge in [-0.1, -0.05) is 15.9 Å². The van der Waals surface area contributed by atoms with Crippen molar-refractivity contribution in [3.05, 3.63) is 38.9 Å². The summed E-state index contributed by atoms with van der Waals surface area (Å²) in [5.41, 5.74) is -0.0990. The lowest BCUT2D eigenvalue weighted by molar-refractivity contribution is 0.0683. The summed E-state index contributed by atoms with van der Waals surface area (Å²) < 4.78 is 0.741. The van der Waals surface area contributed by atoms with Crippen LogP contribution < -0.4 is 5.56 Å². The SMILES string of the molecule is O=C(O)c1nc2ccc(Br)cc2c(=O)[nH]1. The Morgan fingerprint density at radius 2 is 2.20 bits per heavy atom. The van der Waals surface area contributed by atoms with Crippen LogP contribution in [0.3, 0.4) is 0 Å². The Morgan fingerprint density at radius 3 is 2.87 bits per heavy atom. The minimum absolute atomic E-state index is 0.352. The molecule has 0 saturated heterocycles. The van der Waals surface area contributed by atoms with E-state index in [0.717, 1.165) is 4.47 Å². The molecule has 5 nitrogen and oxygen atoms in total. The van der Waals surface area contributed by atoms with Crippen LogP contribution in [0.4, 0.5) is 0 Å². The summed E-state index contributed by atoms with van der Waals surface area (Å²) in [5.74, 6) is -1.60. The maximum absolute atomic E-state index is 11.5. The first-order chi connectivity index (χ1) is 7.08. The zero-order valence-electron chi connectivity index (χ0n) is 7.32. The molecule has 0 bridgehead atoms. The van der Waals surface area contributed by atoms with Crippen LogP contribution in [0.2, 0.25) is 0 Å². The molecule has 0 atom stereocenters. The lowest BCUT2D eigenvalue weighted by Crippen LogP contribution is -2.15. The van der Waals surface area contributed by atoms with E-state index >= 15 is 0 Å². The number of carbonyl (C=O) groups is 1. The molecule has 15 heavy (non-hydrogen) atoms. The zero-order valence-corrected chi connectivity index (χ0v) is 8.91. The smallest absolute Gasteiger partial charge is 0.372 e. The molecule has 0 spiro atoms. The average Bonchev–Trinajstić information content (AvgIpc) is 2.18. The molecule has 0 aliphatic rings. The summed E-state index contributed by atoms with van der Waals surface area (Å²) in [7, 11) is 0. The fourth-order valence-corrected chi connectivity index (χ4v) is 1.57. The van der Waals surface area contributed by atoms with E-state index < -0.39 is 11.5 Å². The molecule has 1 aromatic carbocycles. The Morgan fingerprint density at radius 1 is 1.47 bits per heavy atom. The zero-order chi connectivity index (χ0) is 11.0. The number of aromatic carboxylic acids is 1. The number of carboxylic acid groups (broad SMARTS) is 1. The Kier molecular flexibility index (Phi) is 2.28. The molecule has 1 heterocycles. The largest absolute Gasteiger partial charge is 0.475 e. The van der Waals surface area contributed by atoms with Gasteiger partial charge in [0.05, 0.1) is 10.9 Å². The van der Waals surface area contributed by atoms with Crippen LogP contribution in [-0.4, -0.2) is 21.0 Å². The number of rotatable bonds is 1. The molecule has 0 aliphatic carbocycles. The Balaban J connectivity index is 2.84. The van der Waals surface area contributed by atoms with E-state index in [4.69, 9.17) is 5.11 Å². The first-order valence-electron chi connectivity index (χ1n) is 4.01. The fraction of sp³-hybridized carbons (Fsp3) is 0. The van der Waals surface area contributed by atoms with Crippen molar-refractivity contribution in [3.8, 4) is 0 Å². The molecule has 0 unspecified atom stereocenters. The van der Waals surface area contributed by atoms with Crippen LogP contribution in [0, 0.1) is 0 Å². The third-order valence-corrected chi connectivity index (χ3v) is 2.36. The van der Waals surface area contributed by atoms with Crippen molar-refractivity contribution in [1.29, 1.82) is 0 Å². The Hall–Kier alpha value is -1.69. The van der Waals surface area contributed by atoms with Gasteiger partial charge in [-0.25, -0.2) is 9.78 Å². The maximum Gasteiger partial charge on any atom is 0.372 e. The number of carboxylic acids is 1. The number of hydrogen-bond acceptors (Lipinski definition) is 3. The van der Waals surface area contributed by atoms with Gasteiger partial charge in [0.1, 0.15) is 0 Å². The van der Waals surface area contributed by atoms with Crippen molar-refractivity contribution < 1.29 is 9.90 Å². The number of benzene rings is 1. The number of aromatic amines is 1. The highest BCUT2D eigenvalue weighted by Crippen LogP contribution is 2.14. The number of halogens is 1. The van der Waals surface area contributed by atoms with Gasteiger partial charge in [0.25, 0.3) is 5.56 Å². The summed E-state index contributed by atoms with van der Waals surface area (Å²) in [5, 5.41) is 9.04. The highest BCUT2D eigenvalue weighted by Gasteiger charge is 2.09. The first-order valence-corrected chi connectivity index (χ1v) is 4.80. The molecule has 0 saturated carbocycles. The van der Waals surface area contributed by atoms with Gasteiger partial charge in [-0.3, -0.25) is 4.79 Å². The van der Waals surface area contributed by atoms with Crippen LogP contribution in [-0.2, 0) is 0 Å². The van der Waals surface area contributed by atoms with Crippen LogP contribution in [0.1, 0.15) is 10.6 Å². The number of fused-ring (bicyclic) bond motifs is 1. The standard InChI is InChI=1S/C9H5BrN2O3/c10-4-1-2-6-5(3-4)8(13)12-7(11-6)9(14)15/h1-3H,(H,14,15)(H,11,12,13). The van der Waals surface area contributed by atoms with Crippen molar-refractivity contribution in [1.82, 2.24) is 9.97 Å². The monoisotopic (exact) mass is 268 g/mol. The van der Waals surface area contributed by atoms with E-state index in [1.54, 1.807) is 18.2 Å². The van der Waals surface area contributed by atoms with Crippen LogP contribution >= 0.6 is 15.9 Å².